The number of nitrogens with one attached hydrogen (secondary N) is 2. The molecule has 1 aromatic heterocycles. The van der Waals surface area contributed by atoms with Crippen LogP contribution in [0.2, 0.25) is 0 Å². The summed E-state index contributed by atoms with van der Waals surface area (Å²) in [5.74, 6) is -2.38. The van der Waals surface area contributed by atoms with Crippen LogP contribution >= 0.6 is 0 Å². The zero-order valence-corrected chi connectivity index (χ0v) is 28.4. The van der Waals surface area contributed by atoms with Gasteiger partial charge in [-0.05, 0) is 43.4 Å². The molecule has 3 aliphatic rings. The Morgan fingerprint density at radius 2 is 1.88 bits per heavy atom. The molecule has 6 rings (SSSR count). The zero-order chi connectivity index (χ0) is 35.6. The van der Waals surface area contributed by atoms with E-state index in [0.29, 0.717) is 30.0 Å². The van der Waals surface area contributed by atoms with Crippen molar-refractivity contribution in [2.24, 2.45) is 11.8 Å². The number of carboxylic acid groups (broad SMARTS) is 1. The third-order valence-electron chi connectivity index (χ3n) is 9.65. The van der Waals surface area contributed by atoms with Gasteiger partial charge in [0.05, 0.1) is 19.8 Å². The summed E-state index contributed by atoms with van der Waals surface area (Å²) in [5, 5.41) is 25.4. The number of carbonyl (C=O) groups excluding carboxylic acids is 3. The molecule has 3 heterocycles. The highest BCUT2D eigenvalue weighted by molar-refractivity contribution is 5.96. The number of benzene rings is 2. The van der Waals surface area contributed by atoms with E-state index < -0.39 is 53.5 Å². The number of hydrogen-bond donors (Lipinski definition) is 3. The number of carbonyl (C=O) groups is 4. The highest BCUT2D eigenvalue weighted by Gasteiger charge is 2.61. The minimum absolute atomic E-state index is 0.0424. The smallest absolute Gasteiger partial charge is 0.407 e. The van der Waals surface area contributed by atoms with Crippen molar-refractivity contribution >= 4 is 30.0 Å². The Morgan fingerprint density at radius 3 is 2.54 bits per heavy atom. The second-order valence-corrected chi connectivity index (χ2v) is 13.3. The van der Waals surface area contributed by atoms with Crippen molar-refractivity contribution in [3.63, 3.8) is 0 Å². The topological polar surface area (TPSA) is 165 Å². The van der Waals surface area contributed by atoms with E-state index in [4.69, 9.17) is 19.7 Å². The van der Waals surface area contributed by atoms with Crippen LogP contribution in [0.15, 0.2) is 67.3 Å². The number of methoxy groups -OCH3 is 1. The number of amides is 3. The molecule has 3 amide bonds. The molecule has 0 spiro atoms. The van der Waals surface area contributed by atoms with Crippen molar-refractivity contribution < 1.29 is 33.8 Å². The number of ether oxygens (including phenoxy) is 2. The van der Waals surface area contributed by atoms with Gasteiger partial charge in [-0.3, -0.25) is 9.59 Å². The number of nitrogens with zero attached hydrogens (tertiary/aromatic N) is 4. The number of fused-ring (bicyclic) bond motifs is 8. The molecule has 1 aliphatic carbocycles. The maximum atomic E-state index is 14.3. The molecule has 0 unspecified atom stereocenters. The van der Waals surface area contributed by atoms with Crippen LogP contribution in [-0.4, -0.2) is 86.8 Å². The number of rotatable bonds is 7. The van der Waals surface area contributed by atoms with Crippen molar-refractivity contribution in [3.8, 4) is 28.3 Å². The second-order valence-electron chi connectivity index (χ2n) is 13.3. The predicted molar refractivity (Wildman–Crippen MR) is 185 cm³/mol. The lowest BCUT2D eigenvalue weighted by Gasteiger charge is -2.30. The van der Waals surface area contributed by atoms with Crippen molar-refractivity contribution in [1.29, 1.82) is 0 Å². The van der Waals surface area contributed by atoms with E-state index in [1.165, 1.54) is 11.0 Å². The van der Waals surface area contributed by atoms with Crippen molar-refractivity contribution in [2.45, 2.75) is 63.2 Å². The second kappa shape index (κ2) is 14.2. The predicted octanol–water partition coefficient (Wildman–Crippen LogP) is 4.47. The van der Waals surface area contributed by atoms with Crippen LogP contribution in [0.1, 0.15) is 51.1 Å². The minimum atomic E-state index is -1.49. The molecule has 3 aromatic rings. The van der Waals surface area contributed by atoms with Crippen LogP contribution in [0.4, 0.5) is 4.79 Å². The van der Waals surface area contributed by atoms with Gasteiger partial charge >= 0.3 is 12.1 Å². The summed E-state index contributed by atoms with van der Waals surface area (Å²) in [6, 6.07) is 12.7. The van der Waals surface area contributed by atoms with E-state index in [-0.39, 0.29) is 31.9 Å². The van der Waals surface area contributed by atoms with Crippen molar-refractivity contribution in [3.05, 3.63) is 72.8 Å². The summed E-state index contributed by atoms with van der Waals surface area (Å²) in [6.07, 6.45) is 6.19. The van der Waals surface area contributed by atoms with Gasteiger partial charge in [0.25, 0.3) is 0 Å². The zero-order valence-electron chi connectivity index (χ0n) is 28.4. The van der Waals surface area contributed by atoms with Gasteiger partial charge in [0.15, 0.2) is 0 Å². The van der Waals surface area contributed by atoms with E-state index in [1.54, 1.807) is 25.8 Å². The van der Waals surface area contributed by atoms with Crippen LogP contribution in [0.25, 0.3) is 28.6 Å². The van der Waals surface area contributed by atoms with Gasteiger partial charge in [-0.25, -0.2) is 9.59 Å². The SMILES string of the molecule is C=C[C@@H]1C[C@]1(NC(=O)[C@@H]1C[C@@H]2CN1C(=O)[C@H](C(C)C)NC(=O)OCCC/C=C/c1cc(ccc1OC)-c1nn2nc1-c1ccccc1)C(=O)O. The van der Waals surface area contributed by atoms with Gasteiger partial charge in [-0.2, -0.15) is 15.0 Å². The molecule has 2 aromatic carbocycles. The average molecular weight is 683 g/mol. The van der Waals surface area contributed by atoms with Gasteiger partial charge in [0.1, 0.15) is 34.8 Å². The lowest BCUT2D eigenvalue weighted by molar-refractivity contribution is -0.145. The number of cyclic esters (lactones) is 1. The molecule has 0 radical (unpaired) electrons. The number of allylic oxidation sites excluding steroid dienone is 1. The Morgan fingerprint density at radius 1 is 1.14 bits per heavy atom. The molecule has 3 N–H and O–H groups in total. The summed E-state index contributed by atoms with van der Waals surface area (Å²) < 4.78 is 11.1. The van der Waals surface area contributed by atoms with Crippen molar-refractivity contribution in [2.75, 3.05) is 20.3 Å². The minimum Gasteiger partial charge on any atom is -0.496 e. The third-order valence-corrected chi connectivity index (χ3v) is 9.65. The van der Waals surface area contributed by atoms with Gasteiger partial charge in [-0.1, -0.05) is 62.4 Å². The first kappa shape index (κ1) is 34.4. The van der Waals surface area contributed by atoms with Gasteiger partial charge in [-0.15, -0.1) is 6.58 Å². The van der Waals surface area contributed by atoms with Crippen LogP contribution in [0.3, 0.4) is 0 Å². The number of alkyl carbamates (subject to hydrolysis) is 1. The van der Waals surface area contributed by atoms with Crippen LogP contribution in [-0.2, 0) is 19.1 Å². The number of hydrogen-bond acceptors (Lipinski definition) is 8. The summed E-state index contributed by atoms with van der Waals surface area (Å²) in [4.78, 5) is 56.4. The first-order chi connectivity index (χ1) is 24.1. The standard InChI is InChI=1S/C37H42N6O7/c1-5-26-20-37(26,35(46)47)39-33(44)28-19-27-21-42(28)34(45)30(22(2)3)38-36(48)50-17-11-7-10-14-24-18-25(15-16-29(24)49-4)32-31(40-43(27)41-32)23-12-8-6-9-13-23/h5-6,8-10,12-16,18,22,26-28,30H,1,7,11,17,19-21H2,2-4H3,(H,38,48)(H,39,44)(H,46,47)/b14-10+/t26-,27-,28+,30+,37-/m1/s1. The van der Waals surface area contributed by atoms with E-state index in [2.05, 4.69) is 17.2 Å². The lowest BCUT2D eigenvalue weighted by Crippen LogP contribution is -2.57. The Hall–Kier alpha value is -5.46. The first-order valence-electron chi connectivity index (χ1n) is 16.8. The van der Waals surface area contributed by atoms with Gasteiger partial charge in [0.2, 0.25) is 11.8 Å². The van der Waals surface area contributed by atoms with Crippen LogP contribution < -0.4 is 15.4 Å². The Kier molecular flexibility index (Phi) is 9.76. The van der Waals surface area contributed by atoms with Gasteiger partial charge < -0.3 is 30.1 Å². The Labute approximate surface area is 290 Å². The molecule has 1 saturated carbocycles. The fourth-order valence-corrected chi connectivity index (χ4v) is 6.71. The molecule has 2 aliphatic heterocycles. The highest BCUT2D eigenvalue weighted by atomic mass is 16.5. The van der Waals surface area contributed by atoms with Crippen LogP contribution in [0.5, 0.6) is 5.75 Å². The number of carboxylic acids is 1. The maximum Gasteiger partial charge on any atom is 0.407 e. The fraction of sp³-hybridized carbons (Fsp3) is 0.405. The third kappa shape index (κ3) is 6.72. The number of aliphatic carboxylic acids is 1. The molecule has 50 heavy (non-hydrogen) atoms. The number of aromatic nitrogens is 3. The molecule has 5 atom stereocenters. The fourth-order valence-electron chi connectivity index (χ4n) is 6.71. The monoisotopic (exact) mass is 682 g/mol. The molecule has 1 saturated heterocycles. The van der Waals surface area contributed by atoms with Crippen LogP contribution in [0, 0.1) is 11.8 Å². The molecule has 13 nitrogen and oxygen atoms in total. The van der Waals surface area contributed by atoms with E-state index in [9.17, 15) is 24.3 Å². The largest absolute Gasteiger partial charge is 0.496 e. The highest BCUT2D eigenvalue weighted by Crippen LogP contribution is 2.45. The van der Waals surface area contributed by atoms with E-state index in [1.807, 2.05) is 60.7 Å². The first-order valence-corrected chi connectivity index (χ1v) is 16.8. The summed E-state index contributed by atoms with van der Waals surface area (Å²) in [5.41, 5.74) is 2.18. The van der Waals surface area contributed by atoms with Crippen molar-refractivity contribution in [1.82, 2.24) is 30.5 Å². The summed E-state index contributed by atoms with van der Waals surface area (Å²) in [6.45, 7) is 7.47. The lowest BCUT2D eigenvalue weighted by atomic mass is 10.0. The summed E-state index contributed by atoms with van der Waals surface area (Å²) >= 11 is 0. The Balaban J connectivity index is 1.45. The average Bonchev–Trinajstić information content (AvgIpc) is 3.41. The molecule has 6 bridgehead atoms. The summed E-state index contributed by atoms with van der Waals surface area (Å²) in [7, 11) is 1.61. The molecule has 13 heteroatoms. The van der Waals surface area contributed by atoms with E-state index >= 15 is 0 Å². The molecular weight excluding hydrogens is 640 g/mol. The van der Waals surface area contributed by atoms with E-state index in [0.717, 1.165) is 16.7 Å². The molecule has 262 valence electrons. The van der Waals surface area contributed by atoms with Gasteiger partial charge in [0, 0.05) is 35.6 Å². The molecular formula is C37H42N6O7. The molecule has 2 fully saturated rings. The quantitative estimate of drug-likeness (QED) is 0.305. The normalized spacial score (nSPS) is 25.7. The maximum absolute atomic E-state index is 14.3. The Bertz CT molecular complexity index is 1820.